The van der Waals surface area contributed by atoms with Crippen LogP contribution in [0.25, 0.3) is 0 Å². The zero-order valence-corrected chi connectivity index (χ0v) is 12.6. The molecule has 1 heterocycles. The maximum Gasteiger partial charge on any atom is 0.0995 e. The van der Waals surface area contributed by atoms with Gasteiger partial charge in [-0.15, -0.1) is 0 Å². The summed E-state index contributed by atoms with van der Waals surface area (Å²) >= 11 is 0. The van der Waals surface area contributed by atoms with Gasteiger partial charge < -0.3 is 0 Å². The average molecular weight is 258 g/mol. The maximum atomic E-state index is 9.32. The molecule has 0 amide bonds. The molecule has 0 aromatic carbocycles. The van der Waals surface area contributed by atoms with Crippen molar-refractivity contribution in [3.63, 3.8) is 0 Å². The first-order valence-electron chi connectivity index (χ1n) is 7.68. The standard InChI is InChI=1S/C17H26N2/c1-4-7-9-10-15-12-14(13-18)16(6-3)17(19-15)11-8-5-2/h12H,4-11H2,1-3H3. The van der Waals surface area contributed by atoms with Crippen molar-refractivity contribution in [3.05, 3.63) is 28.6 Å². The molecule has 1 aromatic heterocycles. The van der Waals surface area contributed by atoms with Gasteiger partial charge in [-0.3, -0.25) is 4.98 Å². The van der Waals surface area contributed by atoms with Gasteiger partial charge in [0.1, 0.15) is 0 Å². The van der Waals surface area contributed by atoms with Crippen LogP contribution in [0.4, 0.5) is 0 Å². The Morgan fingerprint density at radius 1 is 1.05 bits per heavy atom. The zero-order chi connectivity index (χ0) is 14.1. The molecule has 104 valence electrons. The summed E-state index contributed by atoms with van der Waals surface area (Å²) in [7, 11) is 0. The lowest BCUT2D eigenvalue weighted by molar-refractivity contribution is 0.697. The second-order valence-corrected chi connectivity index (χ2v) is 5.11. The topological polar surface area (TPSA) is 36.7 Å². The van der Waals surface area contributed by atoms with Crippen molar-refractivity contribution >= 4 is 0 Å². The lowest BCUT2D eigenvalue weighted by Crippen LogP contribution is -2.05. The Morgan fingerprint density at radius 3 is 2.37 bits per heavy atom. The van der Waals surface area contributed by atoms with E-state index in [2.05, 4.69) is 26.8 Å². The lowest BCUT2D eigenvalue weighted by atomic mass is 9.99. The SMILES string of the molecule is CCCCCc1cc(C#N)c(CC)c(CCCC)n1. The first-order chi connectivity index (χ1) is 9.26. The molecule has 0 saturated heterocycles. The molecular formula is C17H26N2. The Kier molecular flexibility index (Phi) is 7.18. The first-order valence-corrected chi connectivity index (χ1v) is 7.68. The van der Waals surface area contributed by atoms with Gasteiger partial charge in [-0.1, -0.05) is 40.0 Å². The van der Waals surface area contributed by atoms with Crippen LogP contribution in [0.2, 0.25) is 0 Å². The number of pyridine rings is 1. The van der Waals surface area contributed by atoms with Gasteiger partial charge in [0.2, 0.25) is 0 Å². The smallest absolute Gasteiger partial charge is 0.0995 e. The Bertz CT molecular complexity index is 430. The summed E-state index contributed by atoms with van der Waals surface area (Å²) in [6.45, 7) is 6.52. The molecule has 1 rings (SSSR count). The van der Waals surface area contributed by atoms with Crippen molar-refractivity contribution in [1.82, 2.24) is 4.98 Å². The fraction of sp³-hybridized carbons (Fsp3) is 0.647. The summed E-state index contributed by atoms with van der Waals surface area (Å²) in [4.78, 5) is 4.81. The minimum Gasteiger partial charge on any atom is -0.258 e. The third-order valence-corrected chi connectivity index (χ3v) is 3.54. The van der Waals surface area contributed by atoms with E-state index in [1.54, 1.807) is 0 Å². The van der Waals surface area contributed by atoms with E-state index < -0.39 is 0 Å². The van der Waals surface area contributed by atoms with Gasteiger partial charge in [0.25, 0.3) is 0 Å². The molecule has 0 spiro atoms. The van der Waals surface area contributed by atoms with E-state index in [0.717, 1.165) is 48.2 Å². The summed E-state index contributed by atoms with van der Waals surface area (Å²) in [6.07, 6.45) is 8.89. The molecule has 0 N–H and O–H groups in total. The van der Waals surface area contributed by atoms with E-state index in [0.29, 0.717) is 0 Å². The van der Waals surface area contributed by atoms with Crippen molar-refractivity contribution in [1.29, 1.82) is 5.26 Å². The predicted octanol–water partition coefficient (Wildman–Crippen LogP) is 4.59. The summed E-state index contributed by atoms with van der Waals surface area (Å²) in [6, 6.07) is 4.36. The summed E-state index contributed by atoms with van der Waals surface area (Å²) in [5.74, 6) is 0. The third-order valence-electron chi connectivity index (χ3n) is 3.54. The quantitative estimate of drug-likeness (QED) is 0.639. The van der Waals surface area contributed by atoms with Gasteiger partial charge in [-0.2, -0.15) is 5.26 Å². The monoisotopic (exact) mass is 258 g/mol. The molecule has 0 unspecified atom stereocenters. The number of hydrogen-bond donors (Lipinski definition) is 0. The van der Waals surface area contributed by atoms with Crippen molar-refractivity contribution in [3.8, 4) is 6.07 Å². The molecule has 0 fully saturated rings. The summed E-state index contributed by atoms with van der Waals surface area (Å²) in [5, 5.41) is 9.32. The fourth-order valence-electron chi connectivity index (χ4n) is 2.41. The highest BCUT2D eigenvalue weighted by atomic mass is 14.7. The van der Waals surface area contributed by atoms with Crippen LogP contribution in [0.1, 0.15) is 75.4 Å². The highest BCUT2D eigenvalue weighted by Crippen LogP contribution is 2.18. The van der Waals surface area contributed by atoms with E-state index in [1.165, 1.54) is 25.7 Å². The maximum absolute atomic E-state index is 9.32. The second-order valence-electron chi connectivity index (χ2n) is 5.11. The number of nitriles is 1. The van der Waals surface area contributed by atoms with Gasteiger partial charge in [-0.05, 0) is 43.7 Å². The van der Waals surface area contributed by atoms with E-state index in [4.69, 9.17) is 4.98 Å². The minimum atomic E-state index is 0.843. The Labute approximate surface area is 117 Å². The Hall–Kier alpha value is -1.36. The number of unbranched alkanes of at least 4 members (excludes halogenated alkanes) is 3. The third kappa shape index (κ3) is 4.67. The Morgan fingerprint density at radius 2 is 1.79 bits per heavy atom. The number of hydrogen-bond acceptors (Lipinski definition) is 2. The molecule has 0 aliphatic carbocycles. The molecule has 2 heteroatoms. The number of rotatable bonds is 8. The normalized spacial score (nSPS) is 10.4. The lowest BCUT2D eigenvalue weighted by Gasteiger charge is -2.11. The average Bonchev–Trinajstić information content (AvgIpc) is 2.44. The van der Waals surface area contributed by atoms with E-state index >= 15 is 0 Å². The predicted molar refractivity (Wildman–Crippen MR) is 80.2 cm³/mol. The van der Waals surface area contributed by atoms with Gasteiger partial charge >= 0.3 is 0 Å². The molecule has 0 radical (unpaired) electrons. The van der Waals surface area contributed by atoms with E-state index in [1.807, 2.05) is 6.07 Å². The zero-order valence-electron chi connectivity index (χ0n) is 12.6. The number of nitrogens with zero attached hydrogens (tertiary/aromatic N) is 2. The fourth-order valence-corrected chi connectivity index (χ4v) is 2.41. The number of aromatic nitrogens is 1. The van der Waals surface area contributed by atoms with E-state index in [9.17, 15) is 5.26 Å². The van der Waals surface area contributed by atoms with Crippen molar-refractivity contribution < 1.29 is 0 Å². The van der Waals surface area contributed by atoms with Gasteiger partial charge in [0.15, 0.2) is 0 Å². The van der Waals surface area contributed by atoms with Crippen LogP contribution in [-0.2, 0) is 19.3 Å². The molecule has 0 aliphatic rings. The van der Waals surface area contributed by atoms with Crippen molar-refractivity contribution in [2.24, 2.45) is 0 Å². The first kappa shape index (κ1) is 15.7. The molecule has 0 bridgehead atoms. The minimum absolute atomic E-state index is 0.843. The summed E-state index contributed by atoms with van der Waals surface area (Å²) < 4.78 is 0. The highest BCUT2D eigenvalue weighted by molar-refractivity contribution is 5.41. The van der Waals surface area contributed by atoms with Gasteiger partial charge in [0.05, 0.1) is 11.6 Å². The molecule has 1 aromatic rings. The van der Waals surface area contributed by atoms with Crippen LogP contribution in [-0.4, -0.2) is 4.98 Å². The molecule has 0 aliphatic heterocycles. The molecule has 0 saturated carbocycles. The van der Waals surface area contributed by atoms with Crippen LogP contribution in [0.15, 0.2) is 6.07 Å². The molecule has 2 nitrogen and oxygen atoms in total. The van der Waals surface area contributed by atoms with Gasteiger partial charge in [-0.25, -0.2) is 0 Å². The molecule has 19 heavy (non-hydrogen) atoms. The van der Waals surface area contributed by atoms with Crippen molar-refractivity contribution in [2.75, 3.05) is 0 Å². The van der Waals surface area contributed by atoms with Crippen LogP contribution in [0, 0.1) is 11.3 Å². The second kappa shape index (κ2) is 8.69. The largest absolute Gasteiger partial charge is 0.258 e. The van der Waals surface area contributed by atoms with Crippen LogP contribution >= 0.6 is 0 Å². The van der Waals surface area contributed by atoms with Crippen LogP contribution < -0.4 is 0 Å². The Balaban J connectivity index is 2.97. The van der Waals surface area contributed by atoms with Crippen LogP contribution in [0.3, 0.4) is 0 Å². The van der Waals surface area contributed by atoms with Gasteiger partial charge in [0, 0.05) is 11.4 Å². The summed E-state index contributed by atoms with van der Waals surface area (Å²) in [5.41, 5.74) is 4.27. The van der Waals surface area contributed by atoms with Crippen molar-refractivity contribution in [2.45, 2.75) is 72.1 Å². The van der Waals surface area contributed by atoms with E-state index in [-0.39, 0.29) is 0 Å². The number of aryl methyl sites for hydroxylation is 2. The van der Waals surface area contributed by atoms with Crippen LogP contribution in [0.5, 0.6) is 0 Å². The molecule has 0 atom stereocenters. The highest BCUT2D eigenvalue weighted by Gasteiger charge is 2.10. The molecular weight excluding hydrogens is 232 g/mol.